The standard InChI is InChI=1S/C27H34Cl3NSi2/c1-18-13-20(3)26(21(4)14-18)32(28,25-12-10-9-11-24(25)17-31(7)8)33(29,30)27-22(5)15-19(2)16-23(27)6/h9-16H,17H2,1-8H3. The molecular formula is C27H34Cl3NSi2. The highest BCUT2D eigenvalue weighted by Crippen LogP contribution is 2.35. The fourth-order valence-corrected chi connectivity index (χ4v) is 23.6. The van der Waals surface area contributed by atoms with Crippen LogP contribution in [-0.4, -0.2) is 32.1 Å². The van der Waals surface area contributed by atoms with E-state index in [4.69, 9.17) is 33.2 Å². The molecule has 6 heteroatoms. The molecule has 3 rings (SSSR count). The van der Waals surface area contributed by atoms with Gasteiger partial charge in [-0.05, 0) is 99.0 Å². The predicted molar refractivity (Wildman–Crippen MR) is 153 cm³/mol. The van der Waals surface area contributed by atoms with Crippen LogP contribution in [0, 0.1) is 41.5 Å². The Morgan fingerprint density at radius 2 is 1.09 bits per heavy atom. The van der Waals surface area contributed by atoms with Gasteiger partial charge in [0.1, 0.15) is 0 Å². The first-order chi connectivity index (χ1) is 15.3. The van der Waals surface area contributed by atoms with Gasteiger partial charge in [-0.1, -0.05) is 59.7 Å². The van der Waals surface area contributed by atoms with Gasteiger partial charge in [0.05, 0.1) is 0 Å². The van der Waals surface area contributed by atoms with Crippen LogP contribution in [0.1, 0.15) is 38.9 Å². The summed E-state index contributed by atoms with van der Waals surface area (Å²) in [5.74, 6) is 0. The average molecular weight is 535 g/mol. The van der Waals surface area contributed by atoms with Crippen molar-refractivity contribution < 1.29 is 0 Å². The lowest BCUT2D eigenvalue weighted by atomic mass is 10.1. The normalized spacial score (nSPS) is 13.9. The molecule has 0 amide bonds. The van der Waals surface area contributed by atoms with Gasteiger partial charge in [-0.2, -0.15) is 11.1 Å². The molecule has 0 saturated heterocycles. The summed E-state index contributed by atoms with van der Waals surface area (Å²) in [7, 11) is 4.16. The third kappa shape index (κ3) is 4.86. The van der Waals surface area contributed by atoms with E-state index < -0.39 is 13.1 Å². The topological polar surface area (TPSA) is 3.24 Å². The highest BCUT2D eigenvalue weighted by molar-refractivity contribution is 7.92. The molecule has 0 spiro atoms. The number of rotatable bonds is 6. The van der Waals surface area contributed by atoms with Crippen molar-refractivity contribution in [2.45, 2.75) is 48.1 Å². The van der Waals surface area contributed by atoms with Crippen molar-refractivity contribution in [3.05, 3.63) is 87.5 Å². The summed E-state index contributed by atoms with van der Waals surface area (Å²) in [5, 5.41) is 3.36. The summed E-state index contributed by atoms with van der Waals surface area (Å²) in [4.78, 5) is 2.17. The summed E-state index contributed by atoms with van der Waals surface area (Å²) in [6, 6.07) is 17.3. The molecule has 33 heavy (non-hydrogen) atoms. The maximum atomic E-state index is 8.07. The molecule has 3 aromatic rings. The molecule has 0 N–H and O–H groups in total. The second-order valence-corrected chi connectivity index (χ2v) is 26.7. The van der Waals surface area contributed by atoms with Gasteiger partial charge < -0.3 is 4.90 Å². The predicted octanol–water partition coefficient (Wildman–Crippen LogP) is 5.80. The van der Waals surface area contributed by atoms with E-state index in [0.717, 1.165) is 33.2 Å². The lowest BCUT2D eigenvalue weighted by Crippen LogP contribution is -2.75. The fraction of sp³-hybridized carbons (Fsp3) is 0.333. The zero-order chi connectivity index (χ0) is 24.7. The number of hydrogen-bond acceptors (Lipinski definition) is 1. The Morgan fingerprint density at radius 1 is 0.667 bits per heavy atom. The van der Waals surface area contributed by atoms with Crippen LogP contribution in [0.5, 0.6) is 0 Å². The third-order valence-corrected chi connectivity index (χ3v) is 27.9. The van der Waals surface area contributed by atoms with Crippen LogP contribution in [0.25, 0.3) is 0 Å². The molecule has 1 atom stereocenters. The Balaban J connectivity index is 2.48. The van der Waals surface area contributed by atoms with E-state index in [1.54, 1.807) is 0 Å². The summed E-state index contributed by atoms with van der Waals surface area (Å²) in [6.07, 6.45) is -3.26. The summed E-state index contributed by atoms with van der Waals surface area (Å²) >= 11 is 23.5. The molecule has 0 bridgehead atoms. The molecule has 1 nitrogen and oxygen atoms in total. The lowest BCUT2D eigenvalue weighted by Gasteiger charge is -2.40. The Kier molecular flexibility index (Phi) is 7.95. The van der Waals surface area contributed by atoms with Crippen molar-refractivity contribution in [2.75, 3.05) is 14.1 Å². The molecule has 176 valence electrons. The van der Waals surface area contributed by atoms with Crippen LogP contribution in [0.4, 0.5) is 0 Å². The summed E-state index contributed by atoms with van der Waals surface area (Å²) in [5.41, 5.74) is 8.25. The smallest absolute Gasteiger partial charge is 0.295 e. The van der Waals surface area contributed by atoms with Crippen molar-refractivity contribution in [1.82, 2.24) is 4.90 Å². The fourth-order valence-electron chi connectivity index (χ4n) is 5.37. The number of hydrogen-bond donors (Lipinski definition) is 0. The van der Waals surface area contributed by atoms with Crippen LogP contribution >= 0.6 is 33.2 Å². The molecule has 0 aromatic heterocycles. The SMILES string of the molecule is Cc1cc(C)c([Si](Cl)(Cl)[Si](Cl)(c2ccccc2CN(C)C)c2c(C)cc(C)cc2C)c(C)c1. The minimum absolute atomic E-state index is 0.783. The maximum Gasteiger partial charge on any atom is 0.295 e. The molecule has 0 heterocycles. The van der Waals surface area contributed by atoms with Crippen molar-refractivity contribution in [1.29, 1.82) is 0 Å². The van der Waals surface area contributed by atoms with E-state index in [0.29, 0.717) is 0 Å². The van der Waals surface area contributed by atoms with Gasteiger partial charge in [0.15, 0.2) is 0 Å². The van der Waals surface area contributed by atoms with Crippen LogP contribution in [0.15, 0.2) is 48.5 Å². The number of halogens is 3. The van der Waals surface area contributed by atoms with Gasteiger partial charge in [-0.15, -0.1) is 22.2 Å². The van der Waals surface area contributed by atoms with Crippen LogP contribution in [-0.2, 0) is 6.54 Å². The molecule has 1 unspecified atom stereocenters. The van der Waals surface area contributed by atoms with Gasteiger partial charge in [0, 0.05) is 6.54 Å². The first-order valence-electron chi connectivity index (χ1n) is 11.3. The second kappa shape index (κ2) is 9.89. The zero-order valence-corrected chi connectivity index (χ0v) is 25.2. The average Bonchev–Trinajstić information content (AvgIpc) is 2.65. The molecule has 0 aliphatic rings. The molecule has 0 saturated carbocycles. The largest absolute Gasteiger partial charge is 0.305 e. The number of nitrogens with zero attached hydrogens (tertiary/aromatic N) is 1. The van der Waals surface area contributed by atoms with E-state index in [-0.39, 0.29) is 0 Å². The van der Waals surface area contributed by atoms with Gasteiger partial charge in [-0.25, -0.2) is 0 Å². The van der Waals surface area contributed by atoms with Crippen molar-refractivity contribution >= 4 is 61.9 Å². The Bertz CT molecular complexity index is 1140. The van der Waals surface area contributed by atoms with Crippen molar-refractivity contribution in [3.63, 3.8) is 0 Å². The Morgan fingerprint density at radius 3 is 1.55 bits per heavy atom. The molecule has 0 aliphatic carbocycles. The molecule has 0 fully saturated rings. The third-order valence-electron chi connectivity index (χ3n) is 6.32. The second-order valence-electron chi connectivity index (χ2n) is 9.68. The van der Waals surface area contributed by atoms with Gasteiger partial charge in [0.2, 0.25) is 6.90 Å². The number of aryl methyl sites for hydroxylation is 6. The quantitative estimate of drug-likeness (QED) is 0.285. The first-order valence-corrected chi connectivity index (χ1v) is 19.3. The Hall–Kier alpha value is -1.08. The zero-order valence-electron chi connectivity index (χ0n) is 20.9. The summed E-state index contributed by atoms with van der Waals surface area (Å²) in [6.45, 7) is 10.4. The maximum absolute atomic E-state index is 8.07. The highest BCUT2D eigenvalue weighted by Gasteiger charge is 2.60. The van der Waals surface area contributed by atoms with Crippen LogP contribution < -0.4 is 15.6 Å². The van der Waals surface area contributed by atoms with Crippen molar-refractivity contribution in [2.24, 2.45) is 0 Å². The van der Waals surface area contributed by atoms with E-state index in [1.807, 2.05) is 0 Å². The van der Waals surface area contributed by atoms with Gasteiger partial charge in [-0.3, -0.25) is 0 Å². The van der Waals surface area contributed by atoms with Gasteiger partial charge in [0.25, 0.3) is 6.21 Å². The van der Waals surface area contributed by atoms with E-state index in [1.165, 1.54) is 27.8 Å². The van der Waals surface area contributed by atoms with Crippen LogP contribution in [0.2, 0.25) is 0 Å². The van der Waals surface area contributed by atoms with E-state index in [2.05, 4.69) is 109 Å². The minimum Gasteiger partial charge on any atom is -0.305 e. The van der Waals surface area contributed by atoms with Crippen LogP contribution in [0.3, 0.4) is 0 Å². The Labute approximate surface area is 215 Å². The minimum atomic E-state index is -3.26. The number of benzene rings is 3. The first kappa shape index (κ1) is 26.5. The highest BCUT2D eigenvalue weighted by atomic mass is 35.7. The summed E-state index contributed by atoms with van der Waals surface area (Å²) < 4.78 is 0. The van der Waals surface area contributed by atoms with E-state index in [9.17, 15) is 0 Å². The lowest BCUT2D eigenvalue weighted by molar-refractivity contribution is 0.403. The molecular weight excluding hydrogens is 501 g/mol. The monoisotopic (exact) mass is 533 g/mol. The van der Waals surface area contributed by atoms with E-state index >= 15 is 0 Å². The molecule has 0 radical (unpaired) electrons. The molecule has 3 aromatic carbocycles. The van der Waals surface area contributed by atoms with Crippen molar-refractivity contribution in [3.8, 4) is 0 Å². The van der Waals surface area contributed by atoms with Gasteiger partial charge >= 0.3 is 0 Å². The molecule has 0 aliphatic heterocycles.